The average Bonchev–Trinajstić information content (AvgIpc) is 2.44. The Labute approximate surface area is 130 Å². The molecule has 0 heterocycles. The van der Waals surface area contributed by atoms with Crippen molar-refractivity contribution in [1.29, 1.82) is 0 Å². The van der Waals surface area contributed by atoms with Gasteiger partial charge < -0.3 is 5.73 Å². The number of nitrogens with two attached hydrogens (primary N) is 1. The average molecular weight is 342 g/mol. The summed E-state index contributed by atoms with van der Waals surface area (Å²) in [6.45, 7) is 2.26. The summed E-state index contributed by atoms with van der Waals surface area (Å²) in [5.74, 6) is 1.32. The Kier molecular flexibility index (Phi) is 6.03. The van der Waals surface area contributed by atoms with Crippen LogP contribution in [0.1, 0.15) is 51.0 Å². The number of benzene rings is 1. The predicted octanol–water partition coefficient (Wildman–Crippen LogP) is 5.06. The van der Waals surface area contributed by atoms with Gasteiger partial charge in [0.2, 0.25) is 0 Å². The van der Waals surface area contributed by atoms with Crippen LogP contribution in [0.3, 0.4) is 0 Å². The van der Waals surface area contributed by atoms with Crippen molar-refractivity contribution in [1.82, 2.24) is 0 Å². The molecule has 112 valence electrons. The molecule has 1 unspecified atom stereocenters. The summed E-state index contributed by atoms with van der Waals surface area (Å²) in [5.41, 5.74) is 7.08. The number of hydrogen-bond acceptors (Lipinski definition) is 1. The molecule has 1 aliphatic rings. The largest absolute Gasteiger partial charge is 0.327 e. The molecular formula is C17H25BrFN. The van der Waals surface area contributed by atoms with Crippen LogP contribution in [0.25, 0.3) is 0 Å². The molecule has 1 fully saturated rings. The Morgan fingerprint density at radius 1 is 1.30 bits per heavy atom. The van der Waals surface area contributed by atoms with E-state index in [9.17, 15) is 4.39 Å². The van der Waals surface area contributed by atoms with E-state index in [1.54, 1.807) is 6.07 Å². The van der Waals surface area contributed by atoms with E-state index in [1.807, 2.05) is 6.07 Å². The van der Waals surface area contributed by atoms with Crippen LogP contribution in [0.5, 0.6) is 0 Å². The van der Waals surface area contributed by atoms with Crippen LogP contribution in [0.4, 0.5) is 4.39 Å². The van der Waals surface area contributed by atoms with Crippen LogP contribution in [-0.2, 0) is 6.42 Å². The zero-order valence-electron chi connectivity index (χ0n) is 12.2. The Morgan fingerprint density at radius 2 is 2.00 bits per heavy atom. The molecule has 0 bridgehead atoms. The summed E-state index contributed by atoms with van der Waals surface area (Å²) in [5, 5.41) is 0. The summed E-state index contributed by atoms with van der Waals surface area (Å²) >= 11 is 3.40. The predicted molar refractivity (Wildman–Crippen MR) is 86.1 cm³/mol. The van der Waals surface area contributed by atoms with Gasteiger partial charge in [-0.3, -0.25) is 0 Å². The lowest BCUT2D eigenvalue weighted by Gasteiger charge is -2.32. The first-order valence-electron chi connectivity index (χ1n) is 7.79. The molecular weight excluding hydrogens is 317 g/mol. The van der Waals surface area contributed by atoms with Crippen LogP contribution < -0.4 is 5.73 Å². The van der Waals surface area contributed by atoms with Crippen molar-refractivity contribution >= 4 is 15.9 Å². The van der Waals surface area contributed by atoms with Crippen molar-refractivity contribution in [2.24, 2.45) is 17.6 Å². The lowest BCUT2D eigenvalue weighted by atomic mass is 9.76. The molecule has 1 atom stereocenters. The Morgan fingerprint density at radius 3 is 2.65 bits per heavy atom. The second-order valence-corrected chi connectivity index (χ2v) is 7.09. The highest BCUT2D eigenvalue weighted by atomic mass is 79.9. The molecule has 2 rings (SSSR count). The highest BCUT2D eigenvalue weighted by molar-refractivity contribution is 9.10. The molecule has 1 nitrogen and oxygen atoms in total. The van der Waals surface area contributed by atoms with E-state index in [2.05, 4.69) is 22.9 Å². The maximum Gasteiger partial charge on any atom is 0.126 e. The van der Waals surface area contributed by atoms with Gasteiger partial charge in [0.05, 0.1) is 0 Å². The normalized spacial score (nSPS) is 24.6. The fourth-order valence-electron chi connectivity index (χ4n) is 3.43. The fraction of sp³-hybridized carbons (Fsp3) is 0.647. The van der Waals surface area contributed by atoms with Gasteiger partial charge in [0.15, 0.2) is 0 Å². The van der Waals surface area contributed by atoms with Crippen LogP contribution >= 0.6 is 15.9 Å². The lowest BCUT2D eigenvalue weighted by Crippen LogP contribution is -2.35. The standard InChI is InChI=1S/C17H25BrFN/c1-2-3-12-4-6-13(7-5-12)17(20)11-14-10-15(18)8-9-16(14)19/h8-10,12-13,17H,2-7,11,20H2,1H3. The zero-order chi connectivity index (χ0) is 14.5. The molecule has 0 aliphatic heterocycles. The molecule has 1 saturated carbocycles. The van der Waals surface area contributed by atoms with Crippen LogP contribution in [0.2, 0.25) is 0 Å². The summed E-state index contributed by atoms with van der Waals surface area (Å²) < 4.78 is 14.7. The van der Waals surface area contributed by atoms with Crippen LogP contribution in [0, 0.1) is 17.7 Å². The number of rotatable bonds is 5. The Hall–Kier alpha value is -0.410. The molecule has 1 aromatic rings. The summed E-state index contributed by atoms with van der Waals surface area (Å²) in [6.07, 6.45) is 8.30. The molecule has 2 N–H and O–H groups in total. The van der Waals surface area contributed by atoms with Crippen molar-refractivity contribution in [2.75, 3.05) is 0 Å². The van der Waals surface area contributed by atoms with Crippen LogP contribution in [-0.4, -0.2) is 6.04 Å². The molecule has 0 saturated heterocycles. The topological polar surface area (TPSA) is 26.0 Å². The molecule has 0 amide bonds. The van der Waals surface area contributed by atoms with E-state index in [-0.39, 0.29) is 11.9 Å². The van der Waals surface area contributed by atoms with Crippen molar-refractivity contribution in [3.63, 3.8) is 0 Å². The third kappa shape index (κ3) is 4.29. The van der Waals surface area contributed by atoms with Crippen molar-refractivity contribution in [2.45, 2.75) is 57.9 Å². The summed E-state index contributed by atoms with van der Waals surface area (Å²) in [7, 11) is 0. The molecule has 0 radical (unpaired) electrons. The van der Waals surface area contributed by atoms with Gasteiger partial charge in [-0.1, -0.05) is 48.5 Å². The van der Waals surface area contributed by atoms with E-state index in [4.69, 9.17) is 5.73 Å². The second-order valence-electron chi connectivity index (χ2n) is 6.17. The quantitative estimate of drug-likeness (QED) is 0.795. The number of halogens is 2. The van der Waals surface area contributed by atoms with Gasteiger partial charge in [0, 0.05) is 10.5 Å². The Balaban J connectivity index is 1.89. The molecule has 1 aromatic carbocycles. The molecule has 0 aromatic heterocycles. The van der Waals surface area contributed by atoms with Crippen molar-refractivity contribution in [3.8, 4) is 0 Å². The second kappa shape index (κ2) is 7.56. The van der Waals surface area contributed by atoms with E-state index >= 15 is 0 Å². The minimum atomic E-state index is -0.136. The Bertz CT molecular complexity index is 427. The fourth-order valence-corrected chi connectivity index (χ4v) is 3.84. The first kappa shape index (κ1) is 16.0. The van der Waals surface area contributed by atoms with E-state index in [1.165, 1.54) is 44.6 Å². The number of hydrogen-bond donors (Lipinski definition) is 1. The monoisotopic (exact) mass is 341 g/mol. The third-order valence-electron chi connectivity index (χ3n) is 4.66. The summed E-state index contributed by atoms with van der Waals surface area (Å²) in [6, 6.07) is 5.20. The van der Waals surface area contributed by atoms with E-state index in [0.717, 1.165) is 16.0 Å². The zero-order valence-corrected chi connectivity index (χ0v) is 13.8. The first-order chi connectivity index (χ1) is 9.60. The van der Waals surface area contributed by atoms with Gasteiger partial charge in [-0.2, -0.15) is 0 Å². The molecule has 20 heavy (non-hydrogen) atoms. The highest BCUT2D eigenvalue weighted by Crippen LogP contribution is 2.33. The van der Waals surface area contributed by atoms with Crippen LogP contribution in [0.15, 0.2) is 22.7 Å². The maximum absolute atomic E-state index is 13.8. The lowest BCUT2D eigenvalue weighted by molar-refractivity contribution is 0.232. The molecule has 1 aliphatic carbocycles. The van der Waals surface area contributed by atoms with Crippen molar-refractivity contribution < 1.29 is 4.39 Å². The van der Waals surface area contributed by atoms with Gasteiger partial charge in [-0.05, 0) is 54.9 Å². The van der Waals surface area contributed by atoms with Crippen molar-refractivity contribution in [3.05, 3.63) is 34.1 Å². The SMILES string of the molecule is CCCC1CCC(C(N)Cc2cc(Br)ccc2F)CC1. The highest BCUT2D eigenvalue weighted by Gasteiger charge is 2.25. The van der Waals surface area contributed by atoms with Gasteiger partial charge in [0.1, 0.15) is 5.82 Å². The summed E-state index contributed by atoms with van der Waals surface area (Å²) in [4.78, 5) is 0. The van der Waals surface area contributed by atoms with Gasteiger partial charge in [0.25, 0.3) is 0 Å². The minimum absolute atomic E-state index is 0.0846. The first-order valence-corrected chi connectivity index (χ1v) is 8.59. The van der Waals surface area contributed by atoms with Gasteiger partial charge in [-0.25, -0.2) is 4.39 Å². The van der Waals surface area contributed by atoms with E-state index in [0.29, 0.717) is 12.3 Å². The third-order valence-corrected chi connectivity index (χ3v) is 5.15. The molecule has 0 spiro atoms. The molecule has 3 heteroatoms. The van der Waals surface area contributed by atoms with Gasteiger partial charge in [-0.15, -0.1) is 0 Å². The van der Waals surface area contributed by atoms with Gasteiger partial charge >= 0.3 is 0 Å². The smallest absolute Gasteiger partial charge is 0.126 e. The minimum Gasteiger partial charge on any atom is -0.327 e. The van der Waals surface area contributed by atoms with E-state index < -0.39 is 0 Å². The maximum atomic E-state index is 13.8.